The van der Waals surface area contributed by atoms with Crippen LogP contribution >= 0.6 is 11.8 Å². The number of amides is 1. The zero-order valence-electron chi connectivity index (χ0n) is 14.0. The summed E-state index contributed by atoms with van der Waals surface area (Å²) in [6.07, 6.45) is 1.34. The van der Waals surface area contributed by atoms with Crippen molar-refractivity contribution < 1.29 is 22.0 Å². The molecule has 0 spiro atoms. The van der Waals surface area contributed by atoms with E-state index in [4.69, 9.17) is 0 Å². The molecule has 0 saturated heterocycles. The lowest BCUT2D eigenvalue weighted by Gasteiger charge is -2.12. The molecule has 10 heteroatoms. The van der Waals surface area contributed by atoms with E-state index < -0.39 is 21.7 Å². The minimum Gasteiger partial charge on any atom is -0.348 e. The number of benzene rings is 1. The van der Waals surface area contributed by atoms with Gasteiger partial charge in [-0.1, -0.05) is 12.1 Å². The van der Waals surface area contributed by atoms with E-state index >= 15 is 0 Å². The molecule has 1 aromatic carbocycles. The van der Waals surface area contributed by atoms with Crippen LogP contribution in [0, 0.1) is 0 Å². The number of rotatable bonds is 7. The Hall–Kier alpha value is -2.04. The molecule has 1 N–H and O–H groups in total. The van der Waals surface area contributed by atoms with Gasteiger partial charge in [-0.25, -0.2) is 17.7 Å². The summed E-state index contributed by atoms with van der Waals surface area (Å²) in [5.41, 5.74) is 0.729. The minimum absolute atomic E-state index is 0.0487. The molecule has 0 aliphatic carbocycles. The molecule has 2 aromatic rings. The molecular formula is C16H17F2N3O3S2. The Kier molecular flexibility index (Phi) is 6.68. The molecule has 0 bridgehead atoms. The van der Waals surface area contributed by atoms with Crippen LogP contribution < -0.4 is 5.32 Å². The molecule has 140 valence electrons. The maximum atomic E-state index is 12.5. The van der Waals surface area contributed by atoms with Gasteiger partial charge in [-0.15, -0.1) is 0 Å². The second-order valence-corrected chi connectivity index (χ2v) is 8.48. The number of aromatic nitrogens is 1. The van der Waals surface area contributed by atoms with E-state index in [1.54, 1.807) is 12.1 Å². The molecule has 1 aromatic heterocycles. The summed E-state index contributed by atoms with van der Waals surface area (Å²) in [5.74, 6) is -3.21. The quantitative estimate of drug-likeness (QED) is 0.722. The summed E-state index contributed by atoms with van der Waals surface area (Å²) in [7, 11) is -0.647. The van der Waals surface area contributed by atoms with Gasteiger partial charge in [-0.3, -0.25) is 4.79 Å². The number of sulfonamides is 1. The molecule has 0 saturated carbocycles. The van der Waals surface area contributed by atoms with Crippen molar-refractivity contribution in [3.63, 3.8) is 0 Å². The first-order valence-corrected chi connectivity index (χ1v) is 9.73. The van der Waals surface area contributed by atoms with E-state index in [0.29, 0.717) is 5.56 Å². The fourth-order valence-electron chi connectivity index (χ4n) is 2.01. The van der Waals surface area contributed by atoms with Crippen molar-refractivity contribution in [3.8, 4) is 0 Å². The maximum Gasteiger partial charge on any atom is 0.290 e. The number of nitrogens with one attached hydrogen (secondary N) is 1. The van der Waals surface area contributed by atoms with Gasteiger partial charge in [0.15, 0.2) is 0 Å². The van der Waals surface area contributed by atoms with Crippen LogP contribution in [-0.2, 0) is 16.6 Å². The number of halogens is 2. The van der Waals surface area contributed by atoms with E-state index in [1.165, 1.54) is 44.6 Å². The van der Waals surface area contributed by atoms with Crippen LogP contribution in [0.1, 0.15) is 15.9 Å². The van der Waals surface area contributed by atoms with Crippen molar-refractivity contribution in [3.05, 3.63) is 53.7 Å². The van der Waals surface area contributed by atoms with Gasteiger partial charge in [0, 0.05) is 26.8 Å². The number of alkyl halides is 2. The SMILES string of the molecule is CN(C)S(=O)(=O)c1ccc(CNC(=O)c2cccnc2SC(F)F)cc1. The molecule has 26 heavy (non-hydrogen) atoms. The number of nitrogens with zero attached hydrogens (tertiary/aromatic N) is 2. The number of carbonyl (C=O) groups is 1. The zero-order valence-corrected chi connectivity index (χ0v) is 15.7. The first kappa shape index (κ1) is 20.3. The highest BCUT2D eigenvalue weighted by Crippen LogP contribution is 2.26. The number of hydrogen-bond donors (Lipinski definition) is 1. The Bertz CT molecular complexity index is 873. The zero-order chi connectivity index (χ0) is 19.3. The summed E-state index contributed by atoms with van der Waals surface area (Å²) in [6, 6.07) is 8.95. The summed E-state index contributed by atoms with van der Waals surface area (Å²) < 4.78 is 50.2. The molecule has 1 amide bonds. The molecule has 0 atom stereocenters. The topological polar surface area (TPSA) is 79.4 Å². The Labute approximate surface area is 154 Å². The van der Waals surface area contributed by atoms with Crippen LogP contribution in [-0.4, -0.2) is 43.5 Å². The van der Waals surface area contributed by atoms with Crippen molar-refractivity contribution in [2.45, 2.75) is 22.2 Å². The van der Waals surface area contributed by atoms with Crippen molar-refractivity contribution in [1.82, 2.24) is 14.6 Å². The van der Waals surface area contributed by atoms with Gasteiger partial charge >= 0.3 is 0 Å². The van der Waals surface area contributed by atoms with Crippen molar-refractivity contribution in [2.75, 3.05) is 14.1 Å². The van der Waals surface area contributed by atoms with E-state index in [9.17, 15) is 22.0 Å². The fourth-order valence-corrected chi connectivity index (χ4v) is 3.49. The number of pyridine rings is 1. The summed E-state index contributed by atoms with van der Waals surface area (Å²) in [6.45, 7) is 0.120. The van der Waals surface area contributed by atoms with Gasteiger partial charge in [-0.05, 0) is 41.6 Å². The monoisotopic (exact) mass is 401 g/mol. The van der Waals surface area contributed by atoms with Crippen LogP contribution in [0.5, 0.6) is 0 Å². The Morgan fingerprint density at radius 1 is 1.23 bits per heavy atom. The van der Waals surface area contributed by atoms with E-state index in [2.05, 4.69) is 10.3 Å². The maximum absolute atomic E-state index is 12.5. The molecule has 6 nitrogen and oxygen atoms in total. The average Bonchev–Trinajstić information content (AvgIpc) is 2.60. The average molecular weight is 401 g/mol. The van der Waals surface area contributed by atoms with Crippen molar-refractivity contribution in [1.29, 1.82) is 0 Å². The van der Waals surface area contributed by atoms with E-state index in [1.807, 2.05) is 0 Å². The predicted molar refractivity (Wildman–Crippen MR) is 94.6 cm³/mol. The second kappa shape index (κ2) is 8.56. The van der Waals surface area contributed by atoms with Gasteiger partial charge in [-0.2, -0.15) is 8.78 Å². The molecule has 0 aliphatic rings. The first-order chi connectivity index (χ1) is 12.2. The van der Waals surface area contributed by atoms with Crippen molar-refractivity contribution in [2.24, 2.45) is 0 Å². The summed E-state index contributed by atoms with van der Waals surface area (Å²) in [4.78, 5) is 16.2. The van der Waals surface area contributed by atoms with Crippen LogP contribution in [0.3, 0.4) is 0 Å². The fraction of sp³-hybridized carbons (Fsp3) is 0.250. The third kappa shape index (κ3) is 4.99. The normalized spacial score (nSPS) is 11.8. The van der Waals surface area contributed by atoms with Crippen LogP contribution in [0.15, 0.2) is 52.5 Å². The third-order valence-corrected chi connectivity index (χ3v) is 5.93. The lowest BCUT2D eigenvalue weighted by atomic mass is 10.2. The molecule has 0 fully saturated rings. The highest BCUT2D eigenvalue weighted by molar-refractivity contribution is 7.99. The van der Waals surface area contributed by atoms with Gasteiger partial charge in [0.05, 0.1) is 10.5 Å². The summed E-state index contributed by atoms with van der Waals surface area (Å²) in [5, 5.41) is 2.56. The smallest absolute Gasteiger partial charge is 0.290 e. The molecule has 1 heterocycles. The van der Waals surface area contributed by atoms with E-state index in [-0.39, 0.29) is 33.8 Å². The largest absolute Gasteiger partial charge is 0.348 e. The van der Waals surface area contributed by atoms with Crippen LogP contribution in [0.25, 0.3) is 0 Å². The minimum atomic E-state index is -3.52. The predicted octanol–water partition coefficient (Wildman–Crippen LogP) is 2.58. The van der Waals surface area contributed by atoms with Gasteiger partial charge in [0.2, 0.25) is 10.0 Å². The molecule has 0 unspecified atom stereocenters. The highest BCUT2D eigenvalue weighted by Gasteiger charge is 2.18. The van der Waals surface area contributed by atoms with Gasteiger partial charge in [0.25, 0.3) is 11.7 Å². The lowest BCUT2D eigenvalue weighted by molar-refractivity contribution is 0.0947. The van der Waals surface area contributed by atoms with Gasteiger partial charge in [0.1, 0.15) is 5.03 Å². The van der Waals surface area contributed by atoms with E-state index in [0.717, 1.165) is 4.31 Å². The third-order valence-electron chi connectivity index (χ3n) is 3.37. The summed E-state index contributed by atoms with van der Waals surface area (Å²) >= 11 is 0.206. The molecule has 2 rings (SSSR count). The number of thioether (sulfide) groups is 1. The Morgan fingerprint density at radius 2 is 1.88 bits per heavy atom. The standard InChI is InChI=1S/C16H17F2N3O3S2/c1-21(2)26(23,24)12-7-5-11(6-8-12)10-20-14(22)13-4-3-9-19-15(13)25-16(17)18/h3-9,16H,10H2,1-2H3,(H,20,22). The Morgan fingerprint density at radius 3 is 2.46 bits per heavy atom. The molecular weight excluding hydrogens is 384 g/mol. The molecule has 0 radical (unpaired) electrons. The number of carbonyl (C=O) groups excluding carboxylic acids is 1. The number of hydrogen-bond acceptors (Lipinski definition) is 5. The Balaban J connectivity index is 2.07. The first-order valence-electron chi connectivity index (χ1n) is 7.41. The molecule has 0 aliphatic heterocycles. The van der Waals surface area contributed by atoms with Crippen molar-refractivity contribution >= 4 is 27.7 Å². The lowest BCUT2D eigenvalue weighted by Crippen LogP contribution is -2.24. The van der Waals surface area contributed by atoms with Crippen LogP contribution in [0.2, 0.25) is 0 Å². The highest BCUT2D eigenvalue weighted by atomic mass is 32.2. The second-order valence-electron chi connectivity index (χ2n) is 5.35. The van der Waals surface area contributed by atoms with Gasteiger partial charge < -0.3 is 5.32 Å². The van der Waals surface area contributed by atoms with Crippen LogP contribution in [0.4, 0.5) is 8.78 Å².